The number of hydrogen-bond acceptors (Lipinski definition) is 1. The third-order valence-electron chi connectivity index (χ3n) is 3.16. The summed E-state index contributed by atoms with van der Waals surface area (Å²) in [6.45, 7) is 3.82. The first kappa shape index (κ1) is 19.3. The van der Waals surface area contributed by atoms with Gasteiger partial charge in [0.1, 0.15) is 0 Å². The van der Waals surface area contributed by atoms with E-state index < -0.39 is 0 Å². The molecule has 5 heteroatoms. The van der Waals surface area contributed by atoms with E-state index in [1.165, 1.54) is 44.1 Å². The summed E-state index contributed by atoms with van der Waals surface area (Å²) in [6, 6.07) is 2.06. The quantitative estimate of drug-likeness (QED) is 0.293. The lowest BCUT2D eigenvalue weighted by atomic mass is 10.1. The van der Waals surface area contributed by atoms with E-state index in [4.69, 9.17) is 5.73 Å². The molecule has 0 unspecified atom stereocenters. The zero-order chi connectivity index (χ0) is 13.9. The van der Waals surface area contributed by atoms with Crippen LogP contribution in [0.15, 0.2) is 23.5 Å². The molecule has 1 heterocycles. The Morgan fingerprint density at radius 2 is 1.95 bits per heavy atom. The predicted molar refractivity (Wildman–Crippen MR) is 97.5 cm³/mol. The van der Waals surface area contributed by atoms with Crippen LogP contribution in [0.1, 0.15) is 51.0 Å². The summed E-state index contributed by atoms with van der Waals surface area (Å²) in [5, 5.41) is 3.17. The van der Waals surface area contributed by atoms with Gasteiger partial charge in [-0.05, 0) is 18.1 Å². The van der Waals surface area contributed by atoms with E-state index in [9.17, 15) is 0 Å². The van der Waals surface area contributed by atoms with Gasteiger partial charge in [0.15, 0.2) is 5.96 Å². The minimum Gasteiger partial charge on any atom is -0.370 e. The number of nitrogens with zero attached hydrogens (tertiary/aromatic N) is 2. The first-order valence-corrected chi connectivity index (χ1v) is 7.37. The molecular formula is C15H29IN4. The van der Waals surface area contributed by atoms with Gasteiger partial charge in [0, 0.05) is 26.0 Å². The van der Waals surface area contributed by atoms with Gasteiger partial charge in [-0.15, -0.1) is 24.0 Å². The van der Waals surface area contributed by atoms with Gasteiger partial charge in [0.2, 0.25) is 0 Å². The molecule has 1 aromatic heterocycles. The Morgan fingerprint density at radius 3 is 2.60 bits per heavy atom. The van der Waals surface area contributed by atoms with Crippen molar-refractivity contribution in [3.8, 4) is 0 Å². The fourth-order valence-electron chi connectivity index (χ4n) is 2.01. The Hall–Kier alpha value is -0.720. The van der Waals surface area contributed by atoms with Crippen molar-refractivity contribution in [3.63, 3.8) is 0 Å². The zero-order valence-corrected chi connectivity index (χ0v) is 15.1. The van der Waals surface area contributed by atoms with Gasteiger partial charge in [-0.1, -0.05) is 39.0 Å². The van der Waals surface area contributed by atoms with E-state index in [-0.39, 0.29) is 24.0 Å². The van der Waals surface area contributed by atoms with Crippen LogP contribution < -0.4 is 11.1 Å². The molecule has 0 saturated heterocycles. The molecule has 3 N–H and O–H groups in total. The molecule has 4 nitrogen and oxygen atoms in total. The molecule has 0 aliphatic heterocycles. The van der Waals surface area contributed by atoms with Gasteiger partial charge in [0.25, 0.3) is 0 Å². The summed E-state index contributed by atoms with van der Waals surface area (Å²) in [7, 11) is 2.01. The lowest BCUT2D eigenvalue weighted by Crippen LogP contribution is -2.32. The number of aliphatic imine (C=N–C) groups is 1. The molecule has 0 radical (unpaired) electrons. The van der Waals surface area contributed by atoms with E-state index in [1.807, 2.05) is 17.8 Å². The Morgan fingerprint density at radius 1 is 1.25 bits per heavy atom. The van der Waals surface area contributed by atoms with E-state index in [0.717, 1.165) is 6.54 Å². The fourth-order valence-corrected chi connectivity index (χ4v) is 2.01. The summed E-state index contributed by atoms with van der Waals surface area (Å²) in [4.78, 5) is 4.32. The molecule has 20 heavy (non-hydrogen) atoms. The van der Waals surface area contributed by atoms with E-state index in [1.54, 1.807) is 0 Å². The average molecular weight is 392 g/mol. The number of unbranched alkanes of at least 4 members (excludes halogenated alkanes) is 5. The number of aromatic nitrogens is 1. The van der Waals surface area contributed by atoms with E-state index in [2.05, 4.69) is 29.5 Å². The number of rotatable bonds is 9. The van der Waals surface area contributed by atoms with Crippen LogP contribution >= 0.6 is 24.0 Å². The van der Waals surface area contributed by atoms with Crippen molar-refractivity contribution in [3.05, 3.63) is 24.0 Å². The van der Waals surface area contributed by atoms with E-state index in [0.29, 0.717) is 12.5 Å². The highest BCUT2D eigenvalue weighted by atomic mass is 127. The lowest BCUT2D eigenvalue weighted by Gasteiger charge is -2.05. The zero-order valence-electron chi connectivity index (χ0n) is 12.8. The Labute approximate surface area is 140 Å². The van der Waals surface area contributed by atoms with Crippen molar-refractivity contribution in [1.82, 2.24) is 9.88 Å². The molecular weight excluding hydrogens is 363 g/mol. The average Bonchev–Trinajstić information content (AvgIpc) is 2.81. The standard InChI is InChI=1S/C15H28N4.HI/c1-3-4-5-6-7-8-10-17-15(16)18-12-14-9-11-19(2)13-14;/h9,11,13H,3-8,10,12H2,1-2H3,(H3,16,17,18);1H. The molecule has 0 aromatic carbocycles. The summed E-state index contributed by atoms with van der Waals surface area (Å²) >= 11 is 0. The van der Waals surface area contributed by atoms with Crippen LogP contribution in [0.5, 0.6) is 0 Å². The van der Waals surface area contributed by atoms with Gasteiger partial charge >= 0.3 is 0 Å². The second kappa shape index (κ2) is 12.1. The van der Waals surface area contributed by atoms with Crippen LogP contribution in [-0.2, 0) is 13.6 Å². The van der Waals surface area contributed by atoms with Crippen molar-refractivity contribution in [2.24, 2.45) is 17.8 Å². The van der Waals surface area contributed by atoms with Crippen LogP contribution in [0, 0.1) is 0 Å². The summed E-state index contributed by atoms with van der Waals surface area (Å²) in [5.41, 5.74) is 7.01. The number of nitrogens with two attached hydrogens (primary N) is 1. The molecule has 0 aliphatic rings. The largest absolute Gasteiger partial charge is 0.370 e. The normalized spacial score (nSPS) is 11.2. The second-order valence-electron chi connectivity index (χ2n) is 5.08. The maximum Gasteiger partial charge on any atom is 0.188 e. The Balaban J connectivity index is 0.00000361. The third-order valence-corrected chi connectivity index (χ3v) is 3.16. The smallest absolute Gasteiger partial charge is 0.188 e. The SMILES string of the molecule is CCCCCCCCNC(N)=NCc1ccn(C)c1.I. The topological polar surface area (TPSA) is 55.3 Å². The fraction of sp³-hybridized carbons (Fsp3) is 0.667. The maximum absolute atomic E-state index is 5.82. The second-order valence-corrected chi connectivity index (χ2v) is 5.08. The highest BCUT2D eigenvalue weighted by Crippen LogP contribution is 2.04. The lowest BCUT2D eigenvalue weighted by molar-refractivity contribution is 0.601. The van der Waals surface area contributed by atoms with Gasteiger partial charge in [-0.25, -0.2) is 4.99 Å². The van der Waals surface area contributed by atoms with E-state index >= 15 is 0 Å². The molecule has 0 bridgehead atoms. The highest BCUT2D eigenvalue weighted by Gasteiger charge is 1.95. The Kier molecular flexibility index (Phi) is 11.6. The minimum atomic E-state index is 0. The number of aryl methyl sites for hydroxylation is 1. The van der Waals surface area contributed by atoms with Crippen LogP contribution in [0.2, 0.25) is 0 Å². The van der Waals surface area contributed by atoms with Crippen molar-refractivity contribution >= 4 is 29.9 Å². The van der Waals surface area contributed by atoms with Gasteiger partial charge in [-0.3, -0.25) is 0 Å². The highest BCUT2D eigenvalue weighted by molar-refractivity contribution is 14.0. The number of nitrogens with one attached hydrogen (secondary N) is 1. The van der Waals surface area contributed by atoms with Gasteiger partial charge in [-0.2, -0.15) is 0 Å². The molecule has 1 aromatic rings. The first-order chi connectivity index (χ1) is 9.22. The van der Waals surface area contributed by atoms with Crippen LogP contribution in [0.25, 0.3) is 0 Å². The maximum atomic E-state index is 5.82. The molecule has 1 rings (SSSR count). The van der Waals surface area contributed by atoms with Gasteiger partial charge in [0.05, 0.1) is 6.54 Å². The molecule has 0 atom stereocenters. The monoisotopic (exact) mass is 392 g/mol. The number of guanidine groups is 1. The summed E-state index contributed by atoms with van der Waals surface area (Å²) < 4.78 is 2.02. The first-order valence-electron chi connectivity index (χ1n) is 7.37. The molecule has 0 aliphatic carbocycles. The minimum absolute atomic E-state index is 0. The summed E-state index contributed by atoms with van der Waals surface area (Å²) in [5.74, 6) is 0.553. The third kappa shape index (κ3) is 9.23. The molecule has 0 spiro atoms. The molecule has 0 saturated carbocycles. The van der Waals surface area contributed by atoms with Crippen molar-refractivity contribution < 1.29 is 0 Å². The predicted octanol–water partition coefficient (Wildman–Crippen LogP) is 3.41. The van der Waals surface area contributed by atoms with Gasteiger partial charge < -0.3 is 15.6 Å². The molecule has 0 amide bonds. The molecule has 116 valence electrons. The van der Waals surface area contributed by atoms with Crippen molar-refractivity contribution in [2.45, 2.75) is 52.0 Å². The number of hydrogen-bond donors (Lipinski definition) is 2. The Bertz CT molecular complexity index is 374. The van der Waals surface area contributed by atoms with Crippen LogP contribution in [-0.4, -0.2) is 17.1 Å². The van der Waals surface area contributed by atoms with Crippen molar-refractivity contribution in [1.29, 1.82) is 0 Å². The number of halogens is 1. The van der Waals surface area contributed by atoms with Crippen LogP contribution in [0.4, 0.5) is 0 Å². The summed E-state index contributed by atoms with van der Waals surface area (Å²) in [6.07, 6.45) is 11.9. The van der Waals surface area contributed by atoms with Crippen molar-refractivity contribution in [2.75, 3.05) is 6.54 Å². The molecule has 0 fully saturated rings. The van der Waals surface area contributed by atoms with Crippen LogP contribution in [0.3, 0.4) is 0 Å².